The lowest BCUT2D eigenvalue weighted by atomic mass is 10.2. The molecule has 0 saturated carbocycles. The number of esters is 1. The zero-order valence-corrected chi connectivity index (χ0v) is 14.5. The van der Waals surface area contributed by atoms with Crippen LogP contribution in [0.2, 0.25) is 0 Å². The van der Waals surface area contributed by atoms with Crippen molar-refractivity contribution in [1.29, 1.82) is 0 Å². The maximum Gasteiger partial charge on any atom is 0.337 e. The van der Waals surface area contributed by atoms with E-state index in [0.717, 1.165) is 5.69 Å². The molecule has 2 aromatic rings. The molecule has 0 aromatic heterocycles. The van der Waals surface area contributed by atoms with Gasteiger partial charge in [0.05, 0.1) is 31.0 Å². The first-order valence-corrected chi connectivity index (χ1v) is 7.97. The summed E-state index contributed by atoms with van der Waals surface area (Å²) in [5.41, 5.74) is 1.79. The van der Waals surface area contributed by atoms with Gasteiger partial charge in [0.25, 0.3) is 0 Å². The number of amides is 1. The number of anilines is 2. The van der Waals surface area contributed by atoms with Gasteiger partial charge in [-0.25, -0.2) is 4.79 Å². The van der Waals surface area contributed by atoms with Crippen LogP contribution in [0.3, 0.4) is 0 Å². The van der Waals surface area contributed by atoms with Crippen molar-refractivity contribution in [3.8, 4) is 5.75 Å². The van der Waals surface area contributed by atoms with E-state index < -0.39 is 5.97 Å². The van der Waals surface area contributed by atoms with E-state index in [4.69, 9.17) is 4.74 Å². The number of para-hydroxylation sites is 2. The smallest absolute Gasteiger partial charge is 0.337 e. The number of carbonyl (C=O) groups excluding carboxylic acids is 2. The predicted molar refractivity (Wildman–Crippen MR) is 97.1 cm³/mol. The summed E-state index contributed by atoms with van der Waals surface area (Å²) in [6.45, 7) is 3.99. The maximum absolute atomic E-state index is 12.1. The highest BCUT2D eigenvalue weighted by Gasteiger charge is 2.08. The minimum absolute atomic E-state index is 0.0464. The molecule has 0 heterocycles. The molecule has 6 heteroatoms. The molecule has 0 aliphatic carbocycles. The van der Waals surface area contributed by atoms with Crippen molar-refractivity contribution in [2.24, 2.45) is 0 Å². The van der Waals surface area contributed by atoms with Gasteiger partial charge in [-0.05, 0) is 50.2 Å². The molecular formula is C19H22N2O4. The zero-order valence-electron chi connectivity index (χ0n) is 14.5. The van der Waals surface area contributed by atoms with Crippen LogP contribution in [-0.4, -0.2) is 31.6 Å². The molecule has 2 rings (SSSR count). The van der Waals surface area contributed by atoms with E-state index in [2.05, 4.69) is 15.4 Å². The Hall–Kier alpha value is -3.02. The number of hydrogen-bond acceptors (Lipinski definition) is 5. The van der Waals surface area contributed by atoms with Gasteiger partial charge in [0.1, 0.15) is 5.75 Å². The van der Waals surface area contributed by atoms with Crippen LogP contribution in [-0.2, 0) is 9.53 Å². The van der Waals surface area contributed by atoms with E-state index in [1.165, 1.54) is 7.11 Å². The Labute approximate surface area is 147 Å². The standard InChI is InChI=1S/C19H22N2O4/c1-13(2)25-17-7-5-4-6-16(17)20-12-18(22)21-15-10-8-14(9-11-15)19(23)24-3/h4-11,13,20H,12H2,1-3H3,(H,21,22). The summed E-state index contributed by atoms with van der Waals surface area (Å²) in [5.74, 6) is 0.0826. The largest absolute Gasteiger partial charge is 0.489 e. The summed E-state index contributed by atoms with van der Waals surface area (Å²) in [6, 6.07) is 14.0. The van der Waals surface area contributed by atoms with Crippen LogP contribution < -0.4 is 15.4 Å². The van der Waals surface area contributed by atoms with Gasteiger partial charge >= 0.3 is 5.97 Å². The molecule has 0 aliphatic heterocycles. The molecule has 0 radical (unpaired) electrons. The number of nitrogens with one attached hydrogen (secondary N) is 2. The Balaban J connectivity index is 1.92. The fourth-order valence-corrected chi connectivity index (χ4v) is 2.16. The minimum Gasteiger partial charge on any atom is -0.489 e. The molecule has 2 N–H and O–H groups in total. The van der Waals surface area contributed by atoms with Crippen molar-refractivity contribution in [3.05, 3.63) is 54.1 Å². The molecule has 0 bridgehead atoms. The van der Waals surface area contributed by atoms with Crippen LogP contribution in [0.25, 0.3) is 0 Å². The highest BCUT2D eigenvalue weighted by molar-refractivity contribution is 5.95. The van der Waals surface area contributed by atoms with Gasteiger partial charge in [0, 0.05) is 5.69 Å². The van der Waals surface area contributed by atoms with Crippen molar-refractivity contribution in [1.82, 2.24) is 0 Å². The van der Waals surface area contributed by atoms with Crippen LogP contribution in [0, 0.1) is 0 Å². The summed E-state index contributed by atoms with van der Waals surface area (Å²) in [5, 5.41) is 5.83. The van der Waals surface area contributed by atoms with Gasteiger partial charge in [0.15, 0.2) is 0 Å². The number of ether oxygens (including phenoxy) is 2. The molecule has 25 heavy (non-hydrogen) atoms. The number of benzene rings is 2. The lowest BCUT2D eigenvalue weighted by molar-refractivity contribution is -0.114. The molecule has 2 aromatic carbocycles. The normalized spacial score (nSPS) is 10.2. The first kappa shape index (κ1) is 18.3. The Morgan fingerprint density at radius 2 is 1.72 bits per heavy atom. The molecule has 6 nitrogen and oxygen atoms in total. The van der Waals surface area contributed by atoms with E-state index >= 15 is 0 Å². The Kier molecular flexibility index (Phi) is 6.39. The average molecular weight is 342 g/mol. The van der Waals surface area contributed by atoms with E-state index in [9.17, 15) is 9.59 Å². The highest BCUT2D eigenvalue weighted by atomic mass is 16.5. The van der Waals surface area contributed by atoms with Crippen molar-refractivity contribution < 1.29 is 19.1 Å². The topological polar surface area (TPSA) is 76.7 Å². The molecule has 1 amide bonds. The van der Waals surface area contributed by atoms with Gasteiger partial charge in [-0.2, -0.15) is 0 Å². The van der Waals surface area contributed by atoms with Crippen LogP contribution in [0.1, 0.15) is 24.2 Å². The van der Waals surface area contributed by atoms with Gasteiger partial charge < -0.3 is 20.1 Å². The van der Waals surface area contributed by atoms with Crippen molar-refractivity contribution in [2.75, 3.05) is 24.3 Å². The lowest BCUT2D eigenvalue weighted by Gasteiger charge is -2.15. The first-order valence-electron chi connectivity index (χ1n) is 7.97. The number of rotatable bonds is 7. The Morgan fingerprint density at radius 3 is 2.36 bits per heavy atom. The predicted octanol–water partition coefficient (Wildman–Crippen LogP) is 3.31. The Morgan fingerprint density at radius 1 is 1.04 bits per heavy atom. The Bertz CT molecular complexity index is 726. The second kappa shape index (κ2) is 8.73. The second-order valence-electron chi connectivity index (χ2n) is 5.63. The summed E-state index contributed by atoms with van der Waals surface area (Å²) in [7, 11) is 1.32. The number of carbonyl (C=O) groups is 2. The average Bonchev–Trinajstić information content (AvgIpc) is 2.60. The van der Waals surface area contributed by atoms with Crippen LogP contribution >= 0.6 is 0 Å². The molecule has 132 valence electrons. The molecule has 0 unspecified atom stereocenters. The lowest BCUT2D eigenvalue weighted by Crippen LogP contribution is -2.22. The summed E-state index contributed by atoms with van der Waals surface area (Å²) in [4.78, 5) is 23.5. The van der Waals surface area contributed by atoms with Gasteiger partial charge in [0.2, 0.25) is 5.91 Å². The maximum atomic E-state index is 12.1. The molecular weight excluding hydrogens is 320 g/mol. The second-order valence-corrected chi connectivity index (χ2v) is 5.63. The number of methoxy groups -OCH3 is 1. The van der Waals surface area contributed by atoms with Crippen molar-refractivity contribution in [3.63, 3.8) is 0 Å². The summed E-state index contributed by atoms with van der Waals surface area (Å²) in [6.07, 6.45) is 0.0464. The molecule has 0 atom stereocenters. The minimum atomic E-state index is -0.415. The van der Waals surface area contributed by atoms with E-state index in [0.29, 0.717) is 17.0 Å². The third kappa shape index (κ3) is 5.53. The zero-order chi connectivity index (χ0) is 18.2. The summed E-state index contributed by atoms with van der Waals surface area (Å²) < 4.78 is 10.3. The third-order valence-corrected chi connectivity index (χ3v) is 3.28. The van der Waals surface area contributed by atoms with Crippen LogP contribution in [0.15, 0.2) is 48.5 Å². The van der Waals surface area contributed by atoms with Crippen molar-refractivity contribution in [2.45, 2.75) is 20.0 Å². The third-order valence-electron chi connectivity index (χ3n) is 3.28. The van der Waals surface area contributed by atoms with Crippen molar-refractivity contribution >= 4 is 23.3 Å². The molecule has 0 saturated heterocycles. The van der Waals surface area contributed by atoms with E-state index in [-0.39, 0.29) is 18.6 Å². The SMILES string of the molecule is COC(=O)c1ccc(NC(=O)CNc2ccccc2OC(C)C)cc1. The van der Waals surface area contributed by atoms with Gasteiger partial charge in [-0.15, -0.1) is 0 Å². The van der Waals surface area contributed by atoms with E-state index in [1.54, 1.807) is 24.3 Å². The fourth-order valence-electron chi connectivity index (χ4n) is 2.16. The highest BCUT2D eigenvalue weighted by Crippen LogP contribution is 2.24. The van der Waals surface area contributed by atoms with Gasteiger partial charge in [-0.1, -0.05) is 12.1 Å². The number of hydrogen-bond donors (Lipinski definition) is 2. The quantitative estimate of drug-likeness (QED) is 0.755. The monoisotopic (exact) mass is 342 g/mol. The van der Waals surface area contributed by atoms with Gasteiger partial charge in [-0.3, -0.25) is 4.79 Å². The molecule has 0 spiro atoms. The molecule has 0 aliphatic rings. The van der Waals surface area contributed by atoms with Crippen LogP contribution in [0.5, 0.6) is 5.75 Å². The summed E-state index contributed by atoms with van der Waals surface area (Å²) >= 11 is 0. The van der Waals surface area contributed by atoms with Crippen LogP contribution in [0.4, 0.5) is 11.4 Å². The first-order chi connectivity index (χ1) is 12.0. The fraction of sp³-hybridized carbons (Fsp3) is 0.263. The molecule has 0 fully saturated rings. The van der Waals surface area contributed by atoms with E-state index in [1.807, 2.05) is 38.1 Å².